The molecule has 4 nitrogen and oxygen atoms in total. The normalized spacial score (nSPS) is 19.9. The van der Waals surface area contributed by atoms with Crippen LogP contribution in [0.4, 0.5) is 11.4 Å². The number of benzene rings is 3. The van der Waals surface area contributed by atoms with Crippen molar-refractivity contribution in [2.45, 2.75) is 24.8 Å². The molecule has 0 amide bonds. The number of methoxy groups -OCH3 is 1. The Morgan fingerprint density at radius 3 is 2.41 bits per heavy atom. The Bertz CT molecular complexity index is 1220. The van der Waals surface area contributed by atoms with Gasteiger partial charge in [0.2, 0.25) is 0 Å². The predicted molar refractivity (Wildman–Crippen MR) is 130 cm³/mol. The fraction of sp³-hybridized carbons (Fsp3) is 0.192. The van der Waals surface area contributed by atoms with E-state index in [1.54, 1.807) is 13.2 Å². The van der Waals surface area contributed by atoms with Gasteiger partial charge in [-0.15, -0.1) is 0 Å². The maximum atomic E-state index is 13.6. The number of allylic oxidation sites excluding steroid dienone is 1. The lowest BCUT2D eigenvalue weighted by Gasteiger charge is -2.30. The van der Waals surface area contributed by atoms with Crippen molar-refractivity contribution in [2.75, 3.05) is 17.7 Å². The first kappa shape index (κ1) is 20.9. The van der Waals surface area contributed by atoms with Crippen LogP contribution < -0.4 is 15.4 Å². The van der Waals surface area contributed by atoms with Gasteiger partial charge in [-0.25, -0.2) is 0 Å². The zero-order valence-electron chi connectivity index (χ0n) is 17.5. The molecule has 162 valence electrons. The summed E-state index contributed by atoms with van der Waals surface area (Å²) in [6, 6.07) is 21.1. The molecule has 0 spiro atoms. The van der Waals surface area contributed by atoms with E-state index in [0.29, 0.717) is 16.5 Å². The molecular weight excluding hydrogens is 443 g/mol. The number of hydrogen-bond acceptors (Lipinski definition) is 4. The second-order valence-electron chi connectivity index (χ2n) is 8.08. The molecule has 3 aromatic carbocycles. The zero-order valence-corrected chi connectivity index (χ0v) is 19.0. The summed E-state index contributed by atoms with van der Waals surface area (Å²) in [5.74, 6) is 0.985. The van der Waals surface area contributed by atoms with Crippen molar-refractivity contribution in [1.82, 2.24) is 0 Å². The first-order chi connectivity index (χ1) is 15.5. The van der Waals surface area contributed by atoms with Gasteiger partial charge in [0.25, 0.3) is 0 Å². The Hall–Kier alpha value is -2.95. The number of carbonyl (C=O) groups is 1. The van der Waals surface area contributed by atoms with Crippen LogP contribution >= 0.6 is 23.2 Å². The number of hydrogen-bond donors (Lipinski definition) is 2. The Kier molecular flexibility index (Phi) is 5.58. The number of ether oxygens (including phenoxy) is 1. The van der Waals surface area contributed by atoms with E-state index in [-0.39, 0.29) is 11.7 Å². The number of halogens is 2. The molecule has 1 heterocycles. The number of anilines is 2. The van der Waals surface area contributed by atoms with Crippen LogP contribution in [-0.4, -0.2) is 12.9 Å². The highest BCUT2D eigenvalue weighted by atomic mass is 35.5. The van der Waals surface area contributed by atoms with Crippen LogP contribution in [0.25, 0.3) is 0 Å². The number of rotatable bonds is 3. The molecule has 2 atom stereocenters. The van der Waals surface area contributed by atoms with Gasteiger partial charge in [-0.1, -0.05) is 59.6 Å². The summed E-state index contributed by atoms with van der Waals surface area (Å²) in [4.78, 5) is 13.6. The highest BCUT2D eigenvalue weighted by molar-refractivity contribution is 6.42. The first-order valence-electron chi connectivity index (χ1n) is 10.5. The van der Waals surface area contributed by atoms with Crippen LogP contribution in [0.3, 0.4) is 0 Å². The minimum Gasteiger partial charge on any atom is -0.497 e. The van der Waals surface area contributed by atoms with Gasteiger partial charge in [0.15, 0.2) is 5.78 Å². The van der Waals surface area contributed by atoms with Crippen LogP contribution in [0.15, 0.2) is 78.0 Å². The number of para-hydroxylation sites is 2. The molecule has 2 N–H and O–H groups in total. The van der Waals surface area contributed by atoms with Crippen LogP contribution in [0, 0.1) is 0 Å². The molecule has 6 heteroatoms. The summed E-state index contributed by atoms with van der Waals surface area (Å²) in [6.45, 7) is 0. The monoisotopic (exact) mass is 464 g/mol. The van der Waals surface area contributed by atoms with Gasteiger partial charge in [-0.2, -0.15) is 0 Å². The lowest BCUT2D eigenvalue weighted by molar-refractivity contribution is -0.116. The lowest BCUT2D eigenvalue weighted by atomic mass is 9.78. The molecule has 5 rings (SSSR count). The molecule has 32 heavy (non-hydrogen) atoms. The van der Waals surface area contributed by atoms with E-state index in [2.05, 4.69) is 10.6 Å². The smallest absolute Gasteiger partial charge is 0.163 e. The maximum Gasteiger partial charge on any atom is 0.163 e. The molecule has 0 aromatic heterocycles. The molecule has 1 aliphatic heterocycles. The predicted octanol–water partition coefficient (Wildman–Crippen LogP) is 6.98. The Balaban J connectivity index is 1.61. The lowest BCUT2D eigenvalue weighted by Crippen LogP contribution is -2.27. The second-order valence-corrected chi connectivity index (χ2v) is 8.87. The summed E-state index contributed by atoms with van der Waals surface area (Å²) in [7, 11) is 1.65. The van der Waals surface area contributed by atoms with Gasteiger partial charge in [0.1, 0.15) is 5.75 Å². The SMILES string of the molecule is COc1ccc([C@H]2CC(=O)C3=C(C2)Nc2ccccc2N[C@@H]3c2cccc(Cl)c2Cl)cc1. The molecule has 3 aromatic rings. The third-order valence-electron chi connectivity index (χ3n) is 6.19. The molecule has 1 aliphatic carbocycles. The van der Waals surface area contributed by atoms with Gasteiger partial charge in [-0.05, 0) is 53.8 Å². The molecule has 0 saturated heterocycles. The second kappa shape index (κ2) is 8.53. The standard InChI is InChI=1S/C26H22Cl2N2O2/c1-32-17-11-9-15(10-12-17)16-13-22-24(23(31)14-16)26(18-5-4-6-19(27)25(18)28)30-21-8-3-2-7-20(21)29-22/h2-12,16,26,29-30H,13-14H2,1H3/t16-,26-/m1/s1. The number of fused-ring (bicyclic) bond motifs is 1. The number of ketones is 1. The minimum absolute atomic E-state index is 0.0837. The van der Waals surface area contributed by atoms with E-state index in [1.807, 2.05) is 60.7 Å². The van der Waals surface area contributed by atoms with Crippen LogP contribution in [0.1, 0.15) is 35.9 Å². The molecule has 0 unspecified atom stereocenters. The minimum atomic E-state index is -0.392. The number of carbonyl (C=O) groups excluding carboxylic acids is 1. The third-order valence-corrected chi connectivity index (χ3v) is 7.02. The molecule has 0 radical (unpaired) electrons. The zero-order chi connectivity index (χ0) is 22.2. The molecule has 0 bridgehead atoms. The fourth-order valence-corrected chi connectivity index (χ4v) is 5.00. The number of nitrogens with one attached hydrogen (secondary N) is 2. The largest absolute Gasteiger partial charge is 0.497 e. The van der Waals surface area contributed by atoms with E-state index in [4.69, 9.17) is 27.9 Å². The van der Waals surface area contributed by atoms with Crippen LogP contribution in [0.2, 0.25) is 10.0 Å². The Morgan fingerprint density at radius 2 is 1.66 bits per heavy atom. The van der Waals surface area contributed by atoms with Gasteiger partial charge in [0.05, 0.1) is 34.6 Å². The van der Waals surface area contributed by atoms with Crippen molar-refractivity contribution < 1.29 is 9.53 Å². The van der Waals surface area contributed by atoms with E-state index >= 15 is 0 Å². The van der Waals surface area contributed by atoms with Gasteiger partial charge >= 0.3 is 0 Å². The van der Waals surface area contributed by atoms with Gasteiger partial charge in [0, 0.05) is 17.7 Å². The topological polar surface area (TPSA) is 50.4 Å². The van der Waals surface area contributed by atoms with Crippen molar-refractivity contribution in [3.63, 3.8) is 0 Å². The molecule has 2 aliphatic rings. The highest BCUT2D eigenvalue weighted by Gasteiger charge is 2.36. The quantitative estimate of drug-likeness (QED) is 0.438. The molecule has 0 saturated carbocycles. The third kappa shape index (κ3) is 3.74. The Morgan fingerprint density at radius 1 is 0.906 bits per heavy atom. The van der Waals surface area contributed by atoms with Crippen molar-refractivity contribution in [3.8, 4) is 5.75 Å². The highest BCUT2D eigenvalue weighted by Crippen LogP contribution is 2.46. The van der Waals surface area contributed by atoms with Crippen molar-refractivity contribution >= 4 is 40.4 Å². The van der Waals surface area contributed by atoms with E-state index in [9.17, 15) is 4.79 Å². The summed E-state index contributed by atoms with van der Waals surface area (Å²) >= 11 is 12.9. The van der Waals surface area contributed by atoms with E-state index in [1.165, 1.54) is 0 Å². The van der Waals surface area contributed by atoms with Crippen LogP contribution in [0.5, 0.6) is 5.75 Å². The average Bonchev–Trinajstić information content (AvgIpc) is 2.97. The van der Waals surface area contributed by atoms with E-state index in [0.717, 1.165) is 45.9 Å². The summed E-state index contributed by atoms with van der Waals surface area (Å²) < 4.78 is 5.28. The summed E-state index contributed by atoms with van der Waals surface area (Å²) in [6.07, 6.45) is 1.15. The number of Topliss-reactive ketones (excluding diaryl/α,β-unsaturated/α-hetero) is 1. The molecule has 0 fully saturated rings. The maximum absolute atomic E-state index is 13.6. The van der Waals surface area contributed by atoms with E-state index < -0.39 is 6.04 Å². The van der Waals surface area contributed by atoms with Gasteiger partial charge < -0.3 is 15.4 Å². The van der Waals surface area contributed by atoms with Crippen LogP contribution in [-0.2, 0) is 4.79 Å². The van der Waals surface area contributed by atoms with Crippen molar-refractivity contribution in [1.29, 1.82) is 0 Å². The summed E-state index contributed by atoms with van der Waals surface area (Å²) in [5.41, 5.74) is 5.40. The van der Waals surface area contributed by atoms with Crippen molar-refractivity contribution in [2.24, 2.45) is 0 Å². The average molecular weight is 465 g/mol. The van der Waals surface area contributed by atoms with Gasteiger partial charge in [-0.3, -0.25) is 4.79 Å². The molecular formula is C26H22Cl2N2O2. The summed E-state index contributed by atoms with van der Waals surface area (Å²) in [5, 5.41) is 8.02. The Labute approximate surface area is 197 Å². The fourth-order valence-electron chi connectivity index (χ4n) is 4.58. The first-order valence-corrected chi connectivity index (χ1v) is 11.3. The van der Waals surface area contributed by atoms with Crippen molar-refractivity contribution in [3.05, 3.63) is 99.2 Å².